The molecule has 2 heterocycles. The van der Waals surface area contributed by atoms with Crippen molar-refractivity contribution in [2.45, 2.75) is 12.5 Å². The Labute approximate surface area is 126 Å². The fourth-order valence-corrected chi connectivity index (χ4v) is 3.31. The molecule has 114 valence electrons. The lowest BCUT2D eigenvalue weighted by Gasteiger charge is -2.33. The fourth-order valence-electron chi connectivity index (χ4n) is 3.31. The molecule has 1 aromatic rings. The second-order valence-corrected chi connectivity index (χ2v) is 5.45. The second kappa shape index (κ2) is 4.40. The number of hydrogen-bond donors (Lipinski definition) is 1. The van der Waals surface area contributed by atoms with E-state index in [4.69, 9.17) is 0 Å². The number of methoxy groups -OCH3 is 1. The van der Waals surface area contributed by atoms with E-state index in [2.05, 4.69) is 10.1 Å². The summed E-state index contributed by atoms with van der Waals surface area (Å²) in [4.78, 5) is 50.4. The number of aryl methyl sites for hydroxylation is 1. The Bertz CT molecular complexity index is 741. The van der Waals surface area contributed by atoms with E-state index < -0.39 is 35.1 Å². The average molecular weight is 302 g/mol. The fraction of sp³-hybridized carbons (Fsp3) is 0.333. The highest BCUT2D eigenvalue weighted by Gasteiger charge is 2.67. The van der Waals surface area contributed by atoms with E-state index >= 15 is 0 Å². The molecular formula is C15H14N2O5. The lowest BCUT2D eigenvalue weighted by molar-refractivity contribution is -0.154. The molecular weight excluding hydrogens is 288 g/mol. The summed E-state index contributed by atoms with van der Waals surface area (Å²) < 4.78 is 4.67. The van der Waals surface area contributed by atoms with E-state index in [0.29, 0.717) is 11.1 Å². The Morgan fingerprint density at radius 3 is 2.64 bits per heavy atom. The van der Waals surface area contributed by atoms with Gasteiger partial charge in [-0.1, -0.05) is 17.7 Å². The van der Waals surface area contributed by atoms with Crippen LogP contribution >= 0.6 is 0 Å². The van der Waals surface area contributed by atoms with Crippen molar-refractivity contribution in [2.24, 2.45) is 5.92 Å². The van der Waals surface area contributed by atoms with Gasteiger partial charge >= 0.3 is 5.97 Å². The minimum absolute atomic E-state index is 0.321. The molecule has 0 aromatic heterocycles. The van der Waals surface area contributed by atoms with E-state index in [-0.39, 0.29) is 0 Å². The standard InChI is InChI=1S/C15H14N2O5/c1-7-4-5-9-8(6-7)12(19)17(2)15(9)10(13(20)22-3)11(18)16-14(15)21/h4-6,10H,1-3H3,(H,16,18,21). The Balaban J connectivity index is 2.32. The van der Waals surface area contributed by atoms with Crippen LogP contribution in [0.3, 0.4) is 0 Å². The molecule has 1 saturated heterocycles. The Hall–Kier alpha value is -2.70. The highest BCUT2D eigenvalue weighted by Crippen LogP contribution is 2.47. The summed E-state index contributed by atoms with van der Waals surface area (Å²) in [7, 11) is 2.55. The minimum atomic E-state index is -1.68. The molecule has 7 heteroatoms. The Morgan fingerprint density at radius 1 is 1.32 bits per heavy atom. The van der Waals surface area contributed by atoms with Crippen LogP contribution in [0.15, 0.2) is 18.2 Å². The molecule has 3 amide bonds. The molecule has 0 aliphatic carbocycles. The van der Waals surface area contributed by atoms with Crippen molar-refractivity contribution in [1.29, 1.82) is 0 Å². The molecule has 2 unspecified atom stereocenters. The number of imide groups is 1. The summed E-state index contributed by atoms with van der Waals surface area (Å²) in [5.74, 6) is -4.12. The topological polar surface area (TPSA) is 92.8 Å². The van der Waals surface area contributed by atoms with E-state index in [9.17, 15) is 19.2 Å². The van der Waals surface area contributed by atoms with Crippen molar-refractivity contribution in [1.82, 2.24) is 10.2 Å². The van der Waals surface area contributed by atoms with Gasteiger partial charge in [-0.25, -0.2) is 0 Å². The molecule has 0 saturated carbocycles. The smallest absolute Gasteiger partial charge is 0.321 e. The summed E-state index contributed by atoms with van der Waals surface area (Å²) in [5, 5.41) is 2.15. The number of nitrogens with zero attached hydrogens (tertiary/aromatic N) is 1. The molecule has 1 spiro atoms. The average Bonchev–Trinajstić information content (AvgIpc) is 2.86. The number of carbonyl (C=O) groups excluding carboxylic acids is 4. The van der Waals surface area contributed by atoms with Crippen LogP contribution in [0.2, 0.25) is 0 Å². The third kappa shape index (κ3) is 1.45. The summed E-state index contributed by atoms with van der Waals surface area (Å²) in [6, 6.07) is 4.99. The van der Waals surface area contributed by atoms with Gasteiger partial charge in [-0.3, -0.25) is 24.5 Å². The van der Waals surface area contributed by atoms with Crippen molar-refractivity contribution < 1.29 is 23.9 Å². The van der Waals surface area contributed by atoms with Crippen molar-refractivity contribution in [3.05, 3.63) is 34.9 Å². The quantitative estimate of drug-likeness (QED) is 0.437. The largest absolute Gasteiger partial charge is 0.468 e. The van der Waals surface area contributed by atoms with Crippen LogP contribution in [0, 0.1) is 12.8 Å². The monoisotopic (exact) mass is 302 g/mol. The van der Waals surface area contributed by atoms with Crippen molar-refractivity contribution in [3.63, 3.8) is 0 Å². The van der Waals surface area contributed by atoms with Crippen molar-refractivity contribution in [2.75, 3.05) is 14.2 Å². The zero-order valence-corrected chi connectivity index (χ0v) is 12.3. The number of ether oxygens (including phenoxy) is 1. The van der Waals surface area contributed by atoms with Crippen LogP contribution in [0.1, 0.15) is 21.5 Å². The minimum Gasteiger partial charge on any atom is -0.468 e. The molecule has 1 fully saturated rings. The van der Waals surface area contributed by atoms with Crippen LogP contribution in [0.4, 0.5) is 0 Å². The number of rotatable bonds is 1. The van der Waals surface area contributed by atoms with E-state index in [1.807, 2.05) is 6.92 Å². The lowest BCUT2D eigenvalue weighted by atomic mass is 9.79. The molecule has 3 rings (SSSR count). The number of benzene rings is 1. The first kappa shape index (κ1) is 14.2. The van der Waals surface area contributed by atoms with Gasteiger partial charge in [0, 0.05) is 18.2 Å². The van der Waals surface area contributed by atoms with E-state index in [0.717, 1.165) is 17.6 Å². The highest BCUT2D eigenvalue weighted by atomic mass is 16.5. The maximum atomic E-state index is 12.5. The van der Waals surface area contributed by atoms with Crippen molar-refractivity contribution in [3.8, 4) is 0 Å². The summed E-state index contributed by atoms with van der Waals surface area (Å²) in [5.41, 5.74) is -0.160. The van der Waals surface area contributed by atoms with Gasteiger partial charge in [0.25, 0.3) is 11.8 Å². The number of likely N-dealkylation sites (N-methyl/N-ethyl adjacent to an activating group) is 1. The van der Waals surface area contributed by atoms with E-state index in [1.54, 1.807) is 18.2 Å². The predicted octanol–water partition coefficient (Wildman–Crippen LogP) is -0.278. The van der Waals surface area contributed by atoms with Gasteiger partial charge in [0.2, 0.25) is 5.91 Å². The number of fused-ring (bicyclic) bond motifs is 2. The molecule has 2 aliphatic rings. The number of esters is 1. The third-order valence-corrected chi connectivity index (χ3v) is 4.35. The first-order chi connectivity index (χ1) is 10.4. The summed E-state index contributed by atoms with van der Waals surface area (Å²) in [6.45, 7) is 1.82. The molecule has 0 radical (unpaired) electrons. The normalized spacial score (nSPS) is 26.4. The second-order valence-electron chi connectivity index (χ2n) is 5.45. The summed E-state index contributed by atoms with van der Waals surface area (Å²) >= 11 is 0. The Kier molecular flexibility index (Phi) is 2.85. The SMILES string of the molecule is COC(=O)C1C(=O)NC(=O)C12c1ccc(C)cc1C(=O)N2C. The molecule has 7 nitrogen and oxygen atoms in total. The zero-order valence-electron chi connectivity index (χ0n) is 12.3. The molecule has 2 atom stereocenters. The molecule has 2 aliphatic heterocycles. The molecule has 0 bridgehead atoms. The highest BCUT2D eigenvalue weighted by molar-refractivity contribution is 6.22. The maximum Gasteiger partial charge on any atom is 0.321 e. The van der Waals surface area contributed by atoms with E-state index in [1.165, 1.54) is 7.05 Å². The number of carbonyl (C=O) groups is 4. The predicted molar refractivity (Wildman–Crippen MR) is 73.6 cm³/mol. The Morgan fingerprint density at radius 2 is 2.00 bits per heavy atom. The van der Waals surface area contributed by atoms with Crippen molar-refractivity contribution >= 4 is 23.7 Å². The first-order valence-corrected chi connectivity index (χ1v) is 6.68. The van der Waals surface area contributed by atoms with Crippen LogP contribution < -0.4 is 5.32 Å². The maximum absolute atomic E-state index is 12.5. The number of hydrogen-bond acceptors (Lipinski definition) is 5. The van der Waals surface area contributed by atoms with Gasteiger partial charge in [-0.05, 0) is 13.0 Å². The van der Waals surface area contributed by atoms with Gasteiger partial charge < -0.3 is 9.64 Å². The zero-order chi connectivity index (χ0) is 16.2. The van der Waals surface area contributed by atoms with Crippen LogP contribution in [0.5, 0.6) is 0 Å². The molecule has 1 N–H and O–H groups in total. The van der Waals surface area contributed by atoms with Crippen LogP contribution in [0.25, 0.3) is 0 Å². The number of nitrogens with one attached hydrogen (secondary N) is 1. The van der Waals surface area contributed by atoms with Gasteiger partial charge in [0.15, 0.2) is 11.5 Å². The van der Waals surface area contributed by atoms with Gasteiger partial charge in [-0.15, -0.1) is 0 Å². The van der Waals surface area contributed by atoms with Gasteiger partial charge in [0.05, 0.1) is 7.11 Å². The molecule has 1 aromatic carbocycles. The number of amides is 3. The van der Waals surface area contributed by atoms with Crippen LogP contribution in [-0.4, -0.2) is 42.7 Å². The van der Waals surface area contributed by atoms with Gasteiger partial charge in [0.1, 0.15) is 0 Å². The third-order valence-electron chi connectivity index (χ3n) is 4.35. The summed E-state index contributed by atoms with van der Waals surface area (Å²) in [6.07, 6.45) is 0. The van der Waals surface area contributed by atoms with Gasteiger partial charge in [-0.2, -0.15) is 0 Å². The van der Waals surface area contributed by atoms with Crippen LogP contribution in [-0.2, 0) is 24.7 Å². The first-order valence-electron chi connectivity index (χ1n) is 6.68. The lowest BCUT2D eigenvalue weighted by Crippen LogP contribution is -2.53. The molecule has 22 heavy (non-hydrogen) atoms.